The number of carbonyl (C=O) groups is 1. The van der Waals surface area contributed by atoms with E-state index in [1.807, 2.05) is 19.1 Å². The number of carboxylic acid groups (broad SMARTS) is 1. The molecule has 0 aliphatic heterocycles. The monoisotopic (exact) mass is 312 g/mol. The maximum atomic E-state index is 12.1. The Labute approximate surface area is 122 Å². The van der Waals surface area contributed by atoms with Crippen LogP contribution in [0.25, 0.3) is 10.1 Å². The molecule has 2 aromatic rings. The molecule has 1 aromatic carbocycles. The summed E-state index contributed by atoms with van der Waals surface area (Å²) in [6.07, 6.45) is 1.40. The molecular weight excluding hydrogens is 296 g/mol. The van der Waals surface area contributed by atoms with Crippen molar-refractivity contribution in [2.24, 2.45) is 0 Å². The minimum absolute atomic E-state index is 0.104. The Balaban J connectivity index is 2.47. The number of fused-ring (bicyclic) bond motifs is 1. The molecule has 0 saturated heterocycles. The molecule has 1 N–H and O–H groups in total. The van der Waals surface area contributed by atoms with Crippen LogP contribution >= 0.6 is 11.3 Å². The Bertz CT molecular complexity index is 729. The Hall–Kier alpha value is -1.40. The lowest BCUT2D eigenvalue weighted by atomic mass is 10.1. The van der Waals surface area contributed by atoms with Crippen LogP contribution in [-0.4, -0.2) is 25.2 Å². The summed E-state index contributed by atoms with van der Waals surface area (Å²) in [7, 11) is -3.27. The molecule has 0 unspecified atom stereocenters. The minimum atomic E-state index is -3.27. The molecule has 20 heavy (non-hydrogen) atoms. The van der Waals surface area contributed by atoms with Crippen LogP contribution in [0.2, 0.25) is 0 Å². The molecule has 0 fully saturated rings. The first kappa shape index (κ1) is 15.0. The second-order valence-corrected chi connectivity index (χ2v) is 7.89. The summed E-state index contributed by atoms with van der Waals surface area (Å²) in [5, 5.41) is 9.99. The van der Waals surface area contributed by atoms with E-state index in [0.717, 1.165) is 27.8 Å². The summed E-state index contributed by atoms with van der Waals surface area (Å²) >= 11 is 1.13. The normalized spacial score (nSPS) is 11.8. The third kappa shape index (κ3) is 3.19. The van der Waals surface area contributed by atoms with Crippen molar-refractivity contribution in [3.8, 4) is 0 Å². The van der Waals surface area contributed by atoms with E-state index in [4.69, 9.17) is 0 Å². The van der Waals surface area contributed by atoms with Gasteiger partial charge in [0.15, 0.2) is 9.84 Å². The highest BCUT2D eigenvalue weighted by molar-refractivity contribution is 7.90. The predicted octanol–water partition coefficient (Wildman–Crippen LogP) is 3.31. The lowest BCUT2D eigenvalue weighted by molar-refractivity contribution is 0.0701. The standard InChI is InChI=1S/C14H16O4S2/c1-2-3-8-20(17,18)9-11-10-6-4-5-7-12(10)19-13(11)14(15)16/h4-7H,2-3,8-9H2,1H3,(H,15,16). The lowest BCUT2D eigenvalue weighted by Crippen LogP contribution is -2.11. The van der Waals surface area contributed by atoms with E-state index in [1.54, 1.807) is 12.1 Å². The van der Waals surface area contributed by atoms with Crippen LogP contribution in [0.4, 0.5) is 0 Å². The summed E-state index contributed by atoms with van der Waals surface area (Å²) in [5.41, 5.74) is 0.425. The van der Waals surface area contributed by atoms with Crippen molar-refractivity contribution in [3.63, 3.8) is 0 Å². The zero-order valence-corrected chi connectivity index (χ0v) is 12.8. The fraction of sp³-hybridized carbons (Fsp3) is 0.357. The van der Waals surface area contributed by atoms with E-state index >= 15 is 0 Å². The molecule has 0 aliphatic carbocycles. The highest BCUT2D eigenvalue weighted by atomic mass is 32.2. The molecule has 0 saturated carbocycles. The second-order valence-electron chi connectivity index (χ2n) is 4.66. The van der Waals surface area contributed by atoms with Gasteiger partial charge < -0.3 is 5.11 Å². The summed E-state index contributed by atoms with van der Waals surface area (Å²) in [6, 6.07) is 7.21. The molecule has 0 atom stereocenters. The van der Waals surface area contributed by atoms with E-state index in [9.17, 15) is 18.3 Å². The molecule has 4 nitrogen and oxygen atoms in total. The summed E-state index contributed by atoms with van der Waals surface area (Å²) in [5.74, 6) is -1.15. The van der Waals surface area contributed by atoms with Crippen molar-refractivity contribution < 1.29 is 18.3 Å². The van der Waals surface area contributed by atoms with Crippen molar-refractivity contribution in [3.05, 3.63) is 34.7 Å². The molecule has 0 radical (unpaired) electrons. The molecule has 1 aromatic heterocycles. The second kappa shape index (κ2) is 5.93. The number of aromatic carboxylic acids is 1. The van der Waals surface area contributed by atoms with Gasteiger partial charge in [-0.2, -0.15) is 0 Å². The molecule has 2 rings (SSSR count). The zero-order valence-electron chi connectivity index (χ0n) is 11.1. The van der Waals surface area contributed by atoms with Gasteiger partial charge in [0.2, 0.25) is 0 Å². The van der Waals surface area contributed by atoms with Crippen LogP contribution in [0.5, 0.6) is 0 Å². The number of thiophene rings is 1. The smallest absolute Gasteiger partial charge is 0.346 e. The quantitative estimate of drug-likeness (QED) is 0.888. The van der Waals surface area contributed by atoms with E-state index in [0.29, 0.717) is 12.0 Å². The SMILES string of the molecule is CCCCS(=O)(=O)Cc1c(C(=O)O)sc2ccccc12. The average molecular weight is 312 g/mol. The molecule has 0 aliphatic rings. The Morgan fingerprint density at radius 1 is 1.30 bits per heavy atom. The third-order valence-corrected chi connectivity index (χ3v) is 5.91. The first-order chi connectivity index (χ1) is 9.44. The Morgan fingerprint density at radius 2 is 2.00 bits per heavy atom. The molecule has 0 spiro atoms. The van der Waals surface area contributed by atoms with Gasteiger partial charge in [0.05, 0.1) is 11.5 Å². The van der Waals surface area contributed by atoms with Crippen molar-refractivity contribution in [2.45, 2.75) is 25.5 Å². The summed E-state index contributed by atoms with van der Waals surface area (Å²) in [4.78, 5) is 11.4. The lowest BCUT2D eigenvalue weighted by Gasteiger charge is -2.04. The minimum Gasteiger partial charge on any atom is -0.477 e. The average Bonchev–Trinajstić information content (AvgIpc) is 2.75. The molecule has 108 valence electrons. The van der Waals surface area contributed by atoms with Crippen LogP contribution in [0.1, 0.15) is 35.0 Å². The van der Waals surface area contributed by atoms with Gasteiger partial charge in [-0.25, -0.2) is 13.2 Å². The molecule has 1 heterocycles. The number of hydrogen-bond donors (Lipinski definition) is 1. The van der Waals surface area contributed by atoms with Gasteiger partial charge in [-0.15, -0.1) is 11.3 Å². The highest BCUT2D eigenvalue weighted by Gasteiger charge is 2.22. The maximum Gasteiger partial charge on any atom is 0.346 e. The number of unbranched alkanes of at least 4 members (excludes halogenated alkanes) is 1. The molecular formula is C14H16O4S2. The predicted molar refractivity (Wildman–Crippen MR) is 81.2 cm³/mol. The van der Waals surface area contributed by atoms with Gasteiger partial charge >= 0.3 is 5.97 Å². The molecule has 0 bridgehead atoms. The van der Waals surface area contributed by atoms with Gasteiger partial charge in [-0.3, -0.25) is 0 Å². The first-order valence-corrected chi connectivity index (χ1v) is 9.02. The topological polar surface area (TPSA) is 71.4 Å². The third-order valence-electron chi connectivity index (χ3n) is 3.07. The number of sulfone groups is 1. The van der Waals surface area contributed by atoms with Gasteiger partial charge in [0, 0.05) is 10.3 Å². The van der Waals surface area contributed by atoms with E-state index in [1.165, 1.54) is 0 Å². The fourth-order valence-electron chi connectivity index (χ4n) is 2.07. The van der Waals surface area contributed by atoms with Crippen LogP contribution in [0.15, 0.2) is 24.3 Å². The van der Waals surface area contributed by atoms with Crippen LogP contribution < -0.4 is 0 Å². The van der Waals surface area contributed by atoms with Crippen molar-refractivity contribution in [1.29, 1.82) is 0 Å². The zero-order chi connectivity index (χ0) is 14.8. The number of hydrogen-bond acceptors (Lipinski definition) is 4. The highest BCUT2D eigenvalue weighted by Crippen LogP contribution is 2.32. The summed E-state index contributed by atoms with van der Waals surface area (Å²) < 4.78 is 25.0. The van der Waals surface area contributed by atoms with Gasteiger partial charge in [-0.1, -0.05) is 31.5 Å². The number of carboxylic acids is 1. The van der Waals surface area contributed by atoms with Crippen molar-refractivity contribution >= 4 is 37.2 Å². The Kier molecular flexibility index (Phi) is 4.45. The summed E-state index contributed by atoms with van der Waals surface area (Å²) in [6.45, 7) is 1.93. The van der Waals surface area contributed by atoms with E-state index in [2.05, 4.69) is 0 Å². The largest absolute Gasteiger partial charge is 0.477 e. The van der Waals surface area contributed by atoms with Crippen molar-refractivity contribution in [2.75, 3.05) is 5.75 Å². The van der Waals surface area contributed by atoms with Gasteiger partial charge in [0.25, 0.3) is 0 Å². The van der Waals surface area contributed by atoms with Crippen LogP contribution in [0.3, 0.4) is 0 Å². The van der Waals surface area contributed by atoms with Gasteiger partial charge in [0.1, 0.15) is 4.88 Å². The van der Waals surface area contributed by atoms with E-state index in [-0.39, 0.29) is 16.4 Å². The van der Waals surface area contributed by atoms with Crippen LogP contribution in [0, 0.1) is 0 Å². The fourth-order valence-corrected chi connectivity index (χ4v) is 4.84. The van der Waals surface area contributed by atoms with E-state index < -0.39 is 15.8 Å². The van der Waals surface area contributed by atoms with Gasteiger partial charge in [-0.05, 0) is 17.9 Å². The number of benzene rings is 1. The Morgan fingerprint density at radius 3 is 2.65 bits per heavy atom. The molecule has 6 heteroatoms. The van der Waals surface area contributed by atoms with Crippen LogP contribution in [-0.2, 0) is 15.6 Å². The number of rotatable bonds is 6. The maximum absolute atomic E-state index is 12.1. The van der Waals surface area contributed by atoms with Crippen molar-refractivity contribution in [1.82, 2.24) is 0 Å². The first-order valence-electron chi connectivity index (χ1n) is 6.38. The molecule has 0 amide bonds.